The second-order valence-electron chi connectivity index (χ2n) is 7.08. The van der Waals surface area contributed by atoms with Gasteiger partial charge in [-0.25, -0.2) is 0 Å². The molecule has 0 aliphatic heterocycles. The predicted molar refractivity (Wildman–Crippen MR) is 120 cm³/mol. The molecule has 5 rings (SSSR count). The normalized spacial score (nSPS) is 11.8. The van der Waals surface area contributed by atoms with E-state index >= 15 is 4.11 Å². The molecule has 0 spiro atoms. The fourth-order valence-electron chi connectivity index (χ4n) is 4.18. The highest BCUT2D eigenvalue weighted by Gasteiger charge is 2.43. The maximum Gasteiger partial charge on any atom is 0.340 e. The van der Waals surface area contributed by atoms with Crippen molar-refractivity contribution in [3.63, 3.8) is 0 Å². The van der Waals surface area contributed by atoms with Crippen LogP contribution in [0.5, 0.6) is 0 Å². The van der Waals surface area contributed by atoms with E-state index in [1.54, 1.807) is 0 Å². The summed E-state index contributed by atoms with van der Waals surface area (Å²) in [4.78, 5) is 0. The van der Waals surface area contributed by atoms with Crippen LogP contribution in [0.15, 0.2) is 115 Å². The van der Waals surface area contributed by atoms with Crippen LogP contribution in [-0.2, 0) is 0 Å². The monoisotopic (exact) mass is 378 g/mol. The number of benzene rings is 5. The molecule has 0 aromatic heterocycles. The molecule has 0 N–H and O–H groups in total. The average Bonchev–Trinajstić information content (AvgIpc) is 2.78. The van der Waals surface area contributed by atoms with Crippen molar-refractivity contribution in [2.45, 2.75) is 0 Å². The Bertz CT molecular complexity index is 1190. The molecule has 0 saturated carbocycles. The second-order valence-corrected chi connectivity index (χ2v) is 10.0. The molecule has 28 heavy (non-hydrogen) atoms. The van der Waals surface area contributed by atoms with Crippen LogP contribution in [0, 0.1) is 0 Å². The molecule has 5 aromatic carbocycles. The maximum absolute atomic E-state index is 17.6. The highest BCUT2D eigenvalue weighted by molar-refractivity contribution is 7.08. The fourth-order valence-corrected chi connectivity index (χ4v) is 7.59. The van der Waals surface area contributed by atoms with E-state index in [0.717, 1.165) is 37.1 Å². The van der Waals surface area contributed by atoms with Crippen LogP contribution in [0.25, 0.3) is 21.5 Å². The van der Waals surface area contributed by atoms with Gasteiger partial charge in [0, 0.05) is 0 Å². The van der Waals surface area contributed by atoms with Gasteiger partial charge in [0.2, 0.25) is 0 Å². The van der Waals surface area contributed by atoms with Crippen molar-refractivity contribution in [2.75, 3.05) is 0 Å². The first kappa shape index (κ1) is 16.9. The van der Waals surface area contributed by atoms with Gasteiger partial charge < -0.3 is 0 Å². The Labute approximate surface area is 165 Å². The minimum absolute atomic E-state index is 0.780. The highest BCUT2D eigenvalue weighted by atomic mass is 28.4. The van der Waals surface area contributed by atoms with Crippen LogP contribution < -0.4 is 15.6 Å². The average molecular weight is 379 g/mol. The summed E-state index contributed by atoms with van der Waals surface area (Å²) >= 11 is 0. The molecule has 0 atom stereocenters. The van der Waals surface area contributed by atoms with E-state index in [1.807, 2.05) is 91.0 Å². The summed E-state index contributed by atoms with van der Waals surface area (Å²) in [5.41, 5.74) is 0. The lowest BCUT2D eigenvalue weighted by molar-refractivity contribution is 0.843. The van der Waals surface area contributed by atoms with Gasteiger partial charge in [0.1, 0.15) is 0 Å². The maximum atomic E-state index is 17.6. The molecule has 0 unspecified atom stereocenters. The van der Waals surface area contributed by atoms with Crippen LogP contribution in [0.3, 0.4) is 0 Å². The van der Waals surface area contributed by atoms with Gasteiger partial charge in [0.15, 0.2) is 0 Å². The van der Waals surface area contributed by atoms with Gasteiger partial charge in [0.25, 0.3) is 0 Å². The van der Waals surface area contributed by atoms with E-state index in [1.165, 1.54) is 0 Å². The zero-order chi connectivity index (χ0) is 19.0. The van der Waals surface area contributed by atoms with Gasteiger partial charge in [0.05, 0.1) is 0 Å². The van der Waals surface area contributed by atoms with Crippen LogP contribution in [-0.4, -0.2) is 8.41 Å². The smallest absolute Gasteiger partial charge is 0.296 e. The largest absolute Gasteiger partial charge is 0.340 e. The summed E-state index contributed by atoms with van der Waals surface area (Å²) in [5, 5.41) is 6.55. The zero-order valence-corrected chi connectivity index (χ0v) is 16.3. The molecule has 2 heteroatoms. The molecule has 5 aromatic rings. The standard InChI is InChI=1S/C26H19FSi/c27-28(22-14-2-1-3-15-22,25-18-8-12-20-10-4-6-16-23(20)25)26-19-9-13-21-11-5-7-17-24(21)26/h1-19H. The SMILES string of the molecule is F[Si](c1ccccc1)(c1cccc2ccccc12)c1cccc2ccccc12. The molecule has 0 saturated heterocycles. The van der Waals surface area contributed by atoms with E-state index in [0.29, 0.717) is 0 Å². The molecule has 0 radical (unpaired) electrons. The minimum atomic E-state index is -3.71. The Morgan fingerprint density at radius 2 is 0.857 bits per heavy atom. The minimum Gasteiger partial charge on any atom is -0.296 e. The summed E-state index contributed by atoms with van der Waals surface area (Å²) < 4.78 is 17.6. The first-order chi connectivity index (χ1) is 13.8. The number of hydrogen-bond donors (Lipinski definition) is 0. The van der Waals surface area contributed by atoms with E-state index in [4.69, 9.17) is 0 Å². The van der Waals surface area contributed by atoms with E-state index in [2.05, 4.69) is 24.3 Å². The zero-order valence-electron chi connectivity index (χ0n) is 15.3. The molecule has 0 aliphatic rings. The number of fused-ring (bicyclic) bond motifs is 2. The first-order valence-electron chi connectivity index (χ1n) is 9.49. The van der Waals surface area contributed by atoms with Crippen LogP contribution in [0.2, 0.25) is 0 Å². The highest BCUT2D eigenvalue weighted by Crippen LogP contribution is 2.21. The summed E-state index contributed by atoms with van der Waals surface area (Å²) in [7, 11) is -3.71. The molecule has 0 heterocycles. The van der Waals surface area contributed by atoms with Gasteiger partial charge in [-0.2, -0.15) is 0 Å². The van der Waals surface area contributed by atoms with E-state index < -0.39 is 8.41 Å². The Balaban J connectivity index is 1.92. The van der Waals surface area contributed by atoms with Crippen molar-refractivity contribution in [3.8, 4) is 0 Å². The van der Waals surface area contributed by atoms with Crippen molar-refractivity contribution in [1.29, 1.82) is 0 Å². The fraction of sp³-hybridized carbons (Fsp3) is 0. The van der Waals surface area contributed by atoms with Gasteiger partial charge in [-0.3, -0.25) is 4.11 Å². The Kier molecular flexibility index (Phi) is 4.07. The second kappa shape index (κ2) is 6.74. The van der Waals surface area contributed by atoms with Crippen molar-refractivity contribution < 1.29 is 4.11 Å². The Morgan fingerprint density at radius 3 is 1.39 bits per heavy atom. The lowest BCUT2D eigenvalue weighted by Crippen LogP contribution is -2.64. The summed E-state index contributed by atoms with van der Waals surface area (Å²) in [6, 6.07) is 37.9. The summed E-state index contributed by atoms with van der Waals surface area (Å²) in [5.74, 6) is 0. The van der Waals surface area contributed by atoms with Crippen molar-refractivity contribution in [3.05, 3.63) is 115 Å². The molecular formula is C26H19FSi. The number of halogens is 1. The quantitative estimate of drug-likeness (QED) is 0.237. The van der Waals surface area contributed by atoms with Gasteiger partial charge >= 0.3 is 8.41 Å². The van der Waals surface area contributed by atoms with Gasteiger partial charge in [-0.15, -0.1) is 0 Å². The third-order valence-corrected chi connectivity index (χ3v) is 8.98. The number of hydrogen-bond acceptors (Lipinski definition) is 0. The molecule has 0 bridgehead atoms. The summed E-state index contributed by atoms with van der Waals surface area (Å²) in [6.07, 6.45) is 0. The summed E-state index contributed by atoms with van der Waals surface area (Å²) in [6.45, 7) is 0. The molecule has 0 aliphatic carbocycles. The predicted octanol–water partition coefficient (Wildman–Crippen LogP) is 4.93. The van der Waals surface area contributed by atoms with Crippen molar-refractivity contribution in [1.82, 2.24) is 0 Å². The van der Waals surface area contributed by atoms with Crippen LogP contribution in [0.4, 0.5) is 4.11 Å². The lowest BCUT2D eigenvalue weighted by Gasteiger charge is -2.27. The van der Waals surface area contributed by atoms with Gasteiger partial charge in [-0.1, -0.05) is 115 Å². The number of rotatable bonds is 3. The Hall–Kier alpha value is -3.23. The molecule has 0 fully saturated rings. The van der Waals surface area contributed by atoms with E-state index in [9.17, 15) is 0 Å². The van der Waals surface area contributed by atoms with Crippen molar-refractivity contribution >= 4 is 45.5 Å². The third-order valence-electron chi connectivity index (χ3n) is 5.49. The Morgan fingerprint density at radius 1 is 0.429 bits per heavy atom. The van der Waals surface area contributed by atoms with Crippen molar-refractivity contribution in [2.24, 2.45) is 0 Å². The van der Waals surface area contributed by atoms with Gasteiger partial charge in [-0.05, 0) is 37.1 Å². The topological polar surface area (TPSA) is 0 Å². The third kappa shape index (κ3) is 2.57. The molecule has 134 valence electrons. The first-order valence-corrected chi connectivity index (χ1v) is 11.4. The van der Waals surface area contributed by atoms with E-state index in [-0.39, 0.29) is 0 Å². The molecule has 0 amide bonds. The molecular weight excluding hydrogens is 359 g/mol. The lowest BCUT2D eigenvalue weighted by atomic mass is 10.1. The van der Waals surface area contributed by atoms with Crippen LogP contribution >= 0.6 is 0 Å². The van der Waals surface area contributed by atoms with Crippen LogP contribution in [0.1, 0.15) is 0 Å². The molecule has 0 nitrogen and oxygen atoms in total.